The summed E-state index contributed by atoms with van der Waals surface area (Å²) in [5.41, 5.74) is 2.36. The Morgan fingerprint density at radius 3 is 2.50 bits per heavy atom. The number of hydrogen-bond donors (Lipinski definition) is 1. The molecule has 1 fully saturated rings. The largest absolute Gasteiger partial charge is 0.387 e. The fourth-order valence-corrected chi connectivity index (χ4v) is 2.99. The second-order valence-corrected chi connectivity index (χ2v) is 6.16. The van der Waals surface area contributed by atoms with E-state index in [1.54, 1.807) is 0 Å². The molecule has 1 saturated heterocycles. The molecule has 3 rings (SSSR count). The van der Waals surface area contributed by atoms with E-state index >= 15 is 0 Å². The number of aliphatic hydroxyl groups is 1. The highest BCUT2D eigenvalue weighted by Crippen LogP contribution is 2.18. The summed E-state index contributed by atoms with van der Waals surface area (Å²) in [4.78, 5) is 8.92. The van der Waals surface area contributed by atoms with Crippen LogP contribution in [0.15, 0.2) is 42.5 Å². The van der Waals surface area contributed by atoms with Crippen molar-refractivity contribution in [3.8, 4) is 6.07 Å². The zero-order chi connectivity index (χ0) is 16.9. The first kappa shape index (κ1) is 16.4. The van der Waals surface area contributed by atoms with E-state index in [0.29, 0.717) is 12.2 Å². The van der Waals surface area contributed by atoms with E-state index < -0.39 is 6.10 Å². The number of β-amino-alcohol motifs (C(OH)–C–C–N with tert-alkyl or cyclic N) is 1. The van der Waals surface area contributed by atoms with Gasteiger partial charge in [0.1, 0.15) is 17.6 Å². The summed E-state index contributed by atoms with van der Waals surface area (Å²) in [5, 5.41) is 19.5. The van der Waals surface area contributed by atoms with Crippen LogP contribution in [0, 0.1) is 18.3 Å². The zero-order valence-electron chi connectivity index (χ0n) is 13.9. The number of aliphatic hydroxyl groups excluding tert-OH is 1. The molecule has 1 aromatic heterocycles. The third-order valence-corrected chi connectivity index (χ3v) is 4.50. The van der Waals surface area contributed by atoms with Gasteiger partial charge in [0, 0.05) is 32.7 Å². The van der Waals surface area contributed by atoms with Gasteiger partial charge in [0.05, 0.1) is 6.10 Å². The van der Waals surface area contributed by atoms with Gasteiger partial charge < -0.3 is 10.0 Å². The maximum atomic E-state index is 10.4. The summed E-state index contributed by atoms with van der Waals surface area (Å²) >= 11 is 0. The SMILES string of the molecule is Cc1ccc(N2CCN(CC(O)c3ccccc3)CC2)nc1C#N. The number of benzene rings is 1. The third-order valence-electron chi connectivity index (χ3n) is 4.50. The number of nitrogens with zero attached hydrogens (tertiary/aromatic N) is 4. The molecule has 1 aromatic carbocycles. The molecule has 1 aliphatic rings. The summed E-state index contributed by atoms with van der Waals surface area (Å²) < 4.78 is 0. The van der Waals surface area contributed by atoms with Gasteiger partial charge in [0.2, 0.25) is 0 Å². The van der Waals surface area contributed by atoms with Crippen molar-refractivity contribution in [3.05, 3.63) is 59.3 Å². The van der Waals surface area contributed by atoms with Crippen LogP contribution in [0.5, 0.6) is 0 Å². The lowest BCUT2D eigenvalue weighted by Gasteiger charge is -2.36. The molecular weight excluding hydrogens is 300 g/mol. The summed E-state index contributed by atoms with van der Waals surface area (Å²) in [7, 11) is 0. The molecule has 0 spiro atoms. The predicted molar refractivity (Wildman–Crippen MR) is 93.7 cm³/mol. The quantitative estimate of drug-likeness (QED) is 0.934. The van der Waals surface area contributed by atoms with Crippen molar-refractivity contribution in [1.29, 1.82) is 5.26 Å². The number of piperazine rings is 1. The smallest absolute Gasteiger partial charge is 0.145 e. The van der Waals surface area contributed by atoms with E-state index in [9.17, 15) is 5.11 Å². The number of rotatable bonds is 4. The highest BCUT2D eigenvalue weighted by molar-refractivity contribution is 5.45. The Morgan fingerprint density at radius 1 is 1.12 bits per heavy atom. The lowest BCUT2D eigenvalue weighted by molar-refractivity contribution is 0.109. The van der Waals surface area contributed by atoms with Crippen molar-refractivity contribution in [2.24, 2.45) is 0 Å². The van der Waals surface area contributed by atoms with Crippen molar-refractivity contribution in [2.75, 3.05) is 37.6 Å². The lowest BCUT2D eigenvalue weighted by Crippen LogP contribution is -2.47. The number of pyridine rings is 1. The maximum Gasteiger partial charge on any atom is 0.145 e. The first-order chi connectivity index (χ1) is 11.7. The van der Waals surface area contributed by atoms with Crippen molar-refractivity contribution in [3.63, 3.8) is 0 Å². The molecule has 1 atom stereocenters. The second kappa shape index (κ2) is 7.43. The number of aryl methyl sites for hydroxylation is 1. The van der Waals surface area contributed by atoms with Crippen LogP contribution in [-0.2, 0) is 0 Å². The Balaban J connectivity index is 1.57. The van der Waals surface area contributed by atoms with Crippen molar-refractivity contribution >= 4 is 5.82 Å². The molecule has 1 aliphatic heterocycles. The van der Waals surface area contributed by atoms with Crippen LogP contribution < -0.4 is 4.90 Å². The Hall–Kier alpha value is -2.42. The first-order valence-electron chi connectivity index (χ1n) is 8.25. The number of hydrogen-bond acceptors (Lipinski definition) is 5. The van der Waals surface area contributed by atoms with Crippen molar-refractivity contribution in [1.82, 2.24) is 9.88 Å². The monoisotopic (exact) mass is 322 g/mol. The fourth-order valence-electron chi connectivity index (χ4n) is 2.99. The van der Waals surface area contributed by atoms with Crippen LogP contribution in [-0.4, -0.2) is 47.7 Å². The Kier molecular flexibility index (Phi) is 5.09. The summed E-state index contributed by atoms with van der Waals surface area (Å²) in [6.07, 6.45) is -0.458. The summed E-state index contributed by atoms with van der Waals surface area (Å²) in [6.45, 7) is 5.99. The standard InChI is InChI=1S/C19H22N4O/c1-15-7-8-19(21-17(15)13-20)23-11-9-22(10-12-23)14-18(24)16-5-3-2-4-6-16/h2-8,18,24H,9-12,14H2,1H3. The molecule has 0 bridgehead atoms. The number of anilines is 1. The van der Waals surface area contributed by atoms with Gasteiger partial charge in [-0.3, -0.25) is 4.90 Å². The molecule has 0 amide bonds. The molecule has 5 nitrogen and oxygen atoms in total. The van der Waals surface area contributed by atoms with Crippen molar-refractivity contribution < 1.29 is 5.11 Å². The molecule has 124 valence electrons. The van der Waals surface area contributed by atoms with Crippen molar-refractivity contribution in [2.45, 2.75) is 13.0 Å². The Morgan fingerprint density at radius 2 is 1.83 bits per heavy atom. The molecule has 1 unspecified atom stereocenters. The van der Waals surface area contributed by atoms with Gasteiger partial charge in [-0.05, 0) is 24.1 Å². The van der Waals surface area contributed by atoms with Gasteiger partial charge in [0.15, 0.2) is 0 Å². The first-order valence-corrected chi connectivity index (χ1v) is 8.25. The molecule has 2 heterocycles. The fraction of sp³-hybridized carbons (Fsp3) is 0.368. The summed E-state index contributed by atoms with van der Waals surface area (Å²) in [5.74, 6) is 0.861. The highest BCUT2D eigenvalue weighted by atomic mass is 16.3. The average molecular weight is 322 g/mol. The van der Waals surface area contributed by atoms with Gasteiger partial charge >= 0.3 is 0 Å². The summed E-state index contributed by atoms with van der Waals surface area (Å²) in [6, 6.07) is 15.9. The normalized spacial score (nSPS) is 16.6. The molecular formula is C19H22N4O. The minimum atomic E-state index is -0.458. The highest BCUT2D eigenvalue weighted by Gasteiger charge is 2.21. The molecule has 0 aliphatic carbocycles. The third kappa shape index (κ3) is 3.73. The second-order valence-electron chi connectivity index (χ2n) is 6.16. The predicted octanol–water partition coefficient (Wildman–Crippen LogP) is 2.12. The van der Waals surface area contributed by atoms with Crippen LogP contribution >= 0.6 is 0 Å². The van der Waals surface area contributed by atoms with E-state index in [0.717, 1.165) is 43.1 Å². The van der Waals surface area contributed by atoms with Gasteiger partial charge in [-0.2, -0.15) is 5.26 Å². The maximum absolute atomic E-state index is 10.4. The zero-order valence-corrected chi connectivity index (χ0v) is 13.9. The van der Waals surface area contributed by atoms with Crippen LogP contribution in [0.3, 0.4) is 0 Å². The van der Waals surface area contributed by atoms with Crippen LogP contribution in [0.4, 0.5) is 5.82 Å². The van der Waals surface area contributed by atoms with E-state index in [-0.39, 0.29) is 0 Å². The Bertz CT molecular complexity index is 718. The number of nitriles is 1. The van der Waals surface area contributed by atoms with Gasteiger partial charge in [0.25, 0.3) is 0 Å². The topological polar surface area (TPSA) is 63.4 Å². The molecule has 24 heavy (non-hydrogen) atoms. The minimum Gasteiger partial charge on any atom is -0.387 e. The molecule has 1 N–H and O–H groups in total. The molecule has 5 heteroatoms. The van der Waals surface area contributed by atoms with Crippen LogP contribution in [0.25, 0.3) is 0 Å². The molecule has 2 aromatic rings. The molecule has 0 saturated carbocycles. The molecule has 0 radical (unpaired) electrons. The minimum absolute atomic E-state index is 0.458. The van der Waals surface area contributed by atoms with E-state index in [4.69, 9.17) is 5.26 Å². The number of aromatic nitrogens is 1. The van der Waals surface area contributed by atoms with Gasteiger partial charge in [-0.1, -0.05) is 36.4 Å². The van der Waals surface area contributed by atoms with E-state index in [1.807, 2.05) is 49.4 Å². The van der Waals surface area contributed by atoms with Crippen LogP contribution in [0.2, 0.25) is 0 Å². The van der Waals surface area contributed by atoms with Crippen LogP contribution in [0.1, 0.15) is 22.9 Å². The van der Waals surface area contributed by atoms with Gasteiger partial charge in [-0.15, -0.1) is 0 Å². The lowest BCUT2D eigenvalue weighted by atomic mass is 10.1. The van der Waals surface area contributed by atoms with E-state index in [1.165, 1.54) is 0 Å². The van der Waals surface area contributed by atoms with E-state index in [2.05, 4.69) is 20.9 Å². The Labute approximate surface area is 142 Å². The average Bonchev–Trinajstić information content (AvgIpc) is 2.63. The van der Waals surface area contributed by atoms with Gasteiger partial charge in [-0.25, -0.2) is 4.98 Å².